The molecule has 0 bridgehead atoms. The van der Waals surface area contributed by atoms with Gasteiger partial charge in [-0.15, -0.1) is 0 Å². The van der Waals surface area contributed by atoms with Crippen LogP contribution in [0, 0.1) is 0 Å². The molecule has 0 fully saturated rings. The molecule has 0 saturated carbocycles. The molecule has 2 aromatic rings. The van der Waals surface area contributed by atoms with Gasteiger partial charge in [0, 0.05) is 0 Å². The van der Waals surface area contributed by atoms with Crippen molar-refractivity contribution in [3.8, 4) is 0 Å². The second kappa shape index (κ2) is 3.27. The Labute approximate surface area is 111 Å². The molecule has 3 aliphatic rings. The zero-order valence-electron chi connectivity index (χ0n) is 10.7. The lowest BCUT2D eigenvalue weighted by Crippen LogP contribution is -2.46. The summed E-state index contributed by atoms with van der Waals surface area (Å²) in [7, 11) is 0. The van der Waals surface area contributed by atoms with Gasteiger partial charge in [-0.1, -0.05) is 48.6 Å². The van der Waals surface area contributed by atoms with Gasteiger partial charge < -0.3 is 0 Å². The fourth-order valence-corrected chi connectivity index (χ4v) is 3.91. The third-order valence-corrected chi connectivity index (χ3v) is 4.69. The fraction of sp³-hybridized carbons (Fsp3) is 0.158. The summed E-state index contributed by atoms with van der Waals surface area (Å²) in [4.78, 5) is 0. The van der Waals surface area contributed by atoms with Crippen LogP contribution in [0.2, 0.25) is 0 Å². The van der Waals surface area contributed by atoms with Crippen molar-refractivity contribution in [1.82, 2.24) is 0 Å². The predicted molar refractivity (Wildman–Crippen MR) is 82.3 cm³/mol. The van der Waals surface area contributed by atoms with Gasteiger partial charge in [0.2, 0.25) is 0 Å². The summed E-state index contributed by atoms with van der Waals surface area (Å²) in [5.41, 5.74) is 2.94. The minimum atomic E-state index is 1.09. The quantitative estimate of drug-likeness (QED) is 0.654. The highest BCUT2D eigenvalue weighted by molar-refractivity contribution is 5.93. The molecule has 5 rings (SSSR count). The first kappa shape index (κ1) is 9.80. The van der Waals surface area contributed by atoms with Crippen molar-refractivity contribution in [2.75, 3.05) is 0 Å². The van der Waals surface area contributed by atoms with E-state index in [-0.39, 0.29) is 0 Å². The molecule has 0 nitrogen and oxygen atoms in total. The van der Waals surface area contributed by atoms with E-state index in [0.717, 1.165) is 19.3 Å². The molecular formula is C19H14. The molecule has 0 radical (unpaired) electrons. The van der Waals surface area contributed by atoms with Crippen molar-refractivity contribution in [1.29, 1.82) is 0 Å². The van der Waals surface area contributed by atoms with Crippen LogP contribution in [0.5, 0.6) is 0 Å². The lowest BCUT2D eigenvalue weighted by atomic mass is 9.96. The molecule has 2 aromatic carbocycles. The summed E-state index contributed by atoms with van der Waals surface area (Å²) in [6.07, 6.45) is 17.4. The summed E-state index contributed by atoms with van der Waals surface area (Å²) < 4.78 is 0. The largest absolute Gasteiger partial charge is 0.0795 e. The summed E-state index contributed by atoms with van der Waals surface area (Å²) in [6.45, 7) is 0. The summed E-state index contributed by atoms with van der Waals surface area (Å²) in [5.74, 6) is 0. The number of rotatable bonds is 0. The van der Waals surface area contributed by atoms with E-state index in [1.165, 1.54) is 42.8 Å². The van der Waals surface area contributed by atoms with E-state index in [1.807, 2.05) is 0 Å². The molecule has 3 aliphatic carbocycles. The van der Waals surface area contributed by atoms with Crippen LogP contribution in [0.25, 0.3) is 41.2 Å². The van der Waals surface area contributed by atoms with E-state index in [0.29, 0.717) is 0 Å². The minimum Gasteiger partial charge on any atom is -0.0795 e. The predicted octanol–water partition coefficient (Wildman–Crippen LogP) is 1.34. The van der Waals surface area contributed by atoms with Crippen LogP contribution < -0.4 is 20.9 Å². The van der Waals surface area contributed by atoms with Gasteiger partial charge in [-0.2, -0.15) is 0 Å². The smallest absolute Gasteiger partial charge is 0.00610 e. The van der Waals surface area contributed by atoms with Gasteiger partial charge >= 0.3 is 0 Å². The van der Waals surface area contributed by atoms with Crippen LogP contribution in [-0.4, -0.2) is 0 Å². The maximum Gasteiger partial charge on any atom is -0.00610 e. The number of benzene rings is 2. The fourth-order valence-electron chi connectivity index (χ4n) is 3.91. The van der Waals surface area contributed by atoms with Gasteiger partial charge in [-0.3, -0.25) is 0 Å². The van der Waals surface area contributed by atoms with Gasteiger partial charge in [0.25, 0.3) is 0 Å². The van der Waals surface area contributed by atoms with Crippen LogP contribution >= 0.6 is 0 Å². The Morgan fingerprint density at radius 3 is 2.37 bits per heavy atom. The highest BCUT2D eigenvalue weighted by atomic mass is 14.2. The van der Waals surface area contributed by atoms with Crippen LogP contribution in [0.15, 0.2) is 18.2 Å². The summed E-state index contributed by atoms with van der Waals surface area (Å²) in [5, 5.41) is 8.88. The number of hydrogen-bond acceptors (Lipinski definition) is 0. The topological polar surface area (TPSA) is 0 Å². The van der Waals surface area contributed by atoms with E-state index in [9.17, 15) is 0 Å². The first-order valence-electron chi connectivity index (χ1n) is 7.08. The molecule has 0 unspecified atom stereocenters. The zero-order valence-corrected chi connectivity index (χ0v) is 10.7. The lowest BCUT2D eigenvalue weighted by Gasteiger charge is -2.07. The van der Waals surface area contributed by atoms with Crippen molar-refractivity contribution in [3.63, 3.8) is 0 Å². The zero-order chi connectivity index (χ0) is 12.4. The average Bonchev–Trinajstić information content (AvgIpc) is 3.17. The Bertz CT molecular complexity index is 1010. The first-order chi connectivity index (χ1) is 9.43. The van der Waals surface area contributed by atoms with Crippen LogP contribution in [0.3, 0.4) is 0 Å². The third kappa shape index (κ3) is 1.10. The summed E-state index contributed by atoms with van der Waals surface area (Å²) >= 11 is 0. The normalized spacial score (nSPS) is 17.3. The SMILES string of the molecule is C1=Cc2ccc3c4c(c5c(c3c2C1)=CCC=5)=CCC=4. The molecule has 19 heavy (non-hydrogen) atoms. The first-order valence-corrected chi connectivity index (χ1v) is 7.08. The molecule has 0 heterocycles. The molecule has 0 spiro atoms. The molecule has 0 heteroatoms. The van der Waals surface area contributed by atoms with Gasteiger partial charge in [0.15, 0.2) is 0 Å². The Kier molecular flexibility index (Phi) is 1.69. The van der Waals surface area contributed by atoms with E-state index < -0.39 is 0 Å². The van der Waals surface area contributed by atoms with Crippen LogP contribution in [-0.2, 0) is 6.42 Å². The Hall–Kier alpha value is -2.08. The van der Waals surface area contributed by atoms with Crippen molar-refractivity contribution >= 4 is 41.2 Å². The van der Waals surface area contributed by atoms with Gasteiger partial charge in [-0.05, 0) is 62.0 Å². The van der Waals surface area contributed by atoms with Crippen molar-refractivity contribution < 1.29 is 0 Å². The van der Waals surface area contributed by atoms with Gasteiger partial charge in [-0.25, -0.2) is 0 Å². The Balaban J connectivity index is 2.22. The molecule has 0 aliphatic heterocycles. The number of allylic oxidation sites excluding steroid dienone is 1. The van der Waals surface area contributed by atoms with E-state index in [4.69, 9.17) is 0 Å². The van der Waals surface area contributed by atoms with Crippen LogP contribution in [0.1, 0.15) is 24.0 Å². The molecule has 0 aromatic heterocycles. The van der Waals surface area contributed by atoms with Crippen molar-refractivity contribution in [2.24, 2.45) is 0 Å². The Morgan fingerprint density at radius 1 is 0.737 bits per heavy atom. The highest BCUT2D eigenvalue weighted by Crippen LogP contribution is 2.24. The lowest BCUT2D eigenvalue weighted by molar-refractivity contribution is 1.33. The number of hydrogen-bond donors (Lipinski definition) is 0. The standard InChI is InChI=1S/C19H14/c1-4-12-10-11-18-16-7-2-6-14(16)15-8-3-9-17(15)19(18)13(12)5-1/h1,4,6-11H,2-3,5H2. The molecule has 0 saturated heterocycles. The minimum absolute atomic E-state index is 1.09. The second-order valence-corrected chi connectivity index (χ2v) is 5.60. The second-order valence-electron chi connectivity index (χ2n) is 5.60. The highest BCUT2D eigenvalue weighted by Gasteiger charge is 2.14. The molecular weight excluding hydrogens is 228 g/mol. The maximum atomic E-state index is 2.41. The van der Waals surface area contributed by atoms with E-state index >= 15 is 0 Å². The number of fused-ring (bicyclic) bond motifs is 8. The van der Waals surface area contributed by atoms with E-state index in [1.54, 1.807) is 0 Å². The molecule has 0 N–H and O–H groups in total. The molecule has 90 valence electrons. The van der Waals surface area contributed by atoms with E-state index in [2.05, 4.69) is 48.6 Å². The third-order valence-electron chi connectivity index (χ3n) is 4.69. The van der Waals surface area contributed by atoms with Crippen LogP contribution in [0.4, 0.5) is 0 Å². The summed E-state index contributed by atoms with van der Waals surface area (Å²) in [6, 6.07) is 4.61. The molecule has 0 atom stereocenters. The maximum absolute atomic E-state index is 2.41. The molecule has 0 amide bonds. The Morgan fingerprint density at radius 2 is 1.47 bits per heavy atom. The monoisotopic (exact) mass is 242 g/mol. The van der Waals surface area contributed by atoms with Crippen molar-refractivity contribution in [3.05, 3.63) is 50.2 Å². The van der Waals surface area contributed by atoms with Gasteiger partial charge in [0.1, 0.15) is 0 Å². The van der Waals surface area contributed by atoms with Crippen molar-refractivity contribution in [2.45, 2.75) is 19.3 Å². The van der Waals surface area contributed by atoms with Gasteiger partial charge in [0.05, 0.1) is 0 Å². The average molecular weight is 242 g/mol.